The van der Waals surface area contributed by atoms with Crippen LogP contribution in [0.15, 0.2) is 18.2 Å². The van der Waals surface area contributed by atoms with Gasteiger partial charge >= 0.3 is 5.97 Å². The quantitative estimate of drug-likeness (QED) is 0.920. The molecule has 0 bridgehead atoms. The van der Waals surface area contributed by atoms with Crippen molar-refractivity contribution in [3.8, 4) is 0 Å². The van der Waals surface area contributed by atoms with Gasteiger partial charge in [-0.1, -0.05) is 0 Å². The van der Waals surface area contributed by atoms with Crippen LogP contribution in [0.25, 0.3) is 0 Å². The van der Waals surface area contributed by atoms with Gasteiger partial charge in [0.25, 0.3) is 0 Å². The third kappa shape index (κ3) is 3.16. The number of benzene rings is 1. The molecular formula is C15H21FN2O2. The predicted octanol–water partition coefficient (Wildman–Crippen LogP) is 2.05. The van der Waals surface area contributed by atoms with E-state index in [1.807, 2.05) is 0 Å². The average molecular weight is 280 g/mol. The molecule has 1 fully saturated rings. The van der Waals surface area contributed by atoms with Gasteiger partial charge in [-0.15, -0.1) is 0 Å². The summed E-state index contributed by atoms with van der Waals surface area (Å²) in [5.41, 5.74) is 0.624. The number of carbonyl (C=O) groups is 1. The highest BCUT2D eigenvalue weighted by molar-refractivity contribution is 5.87. The molecule has 2 rings (SSSR count). The fourth-order valence-corrected chi connectivity index (χ4v) is 2.55. The van der Waals surface area contributed by atoms with E-state index in [0.717, 1.165) is 19.6 Å². The Morgan fingerprint density at radius 2 is 2.10 bits per heavy atom. The highest BCUT2D eigenvalue weighted by atomic mass is 19.1. The topological polar surface area (TPSA) is 43.8 Å². The van der Waals surface area contributed by atoms with Crippen molar-refractivity contribution in [3.63, 3.8) is 0 Å². The Balaban J connectivity index is 2.14. The fraction of sp³-hybridized carbons (Fsp3) is 0.533. The predicted molar refractivity (Wildman–Crippen MR) is 75.3 cm³/mol. The Bertz CT molecular complexity index is 517. The molecule has 1 heterocycles. The zero-order valence-corrected chi connectivity index (χ0v) is 12.2. The first kappa shape index (κ1) is 14.9. The van der Waals surface area contributed by atoms with Gasteiger partial charge in [0.15, 0.2) is 0 Å². The molecule has 0 unspecified atom stereocenters. The molecule has 0 spiro atoms. The molecule has 0 amide bonds. The van der Waals surface area contributed by atoms with Gasteiger partial charge in [-0.25, -0.2) is 9.18 Å². The molecule has 1 aliphatic rings. The van der Waals surface area contributed by atoms with Crippen LogP contribution in [0, 0.1) is 5.82 Å². The SMILES string of the molecule is CN1CCN(Cc2cc(C(=O)O)ccc2F)CC1(C)C. The van der Waals surface area contributed by atoms with Crippen LogP contribution in [-0.4, -0.2) is 53.1 Å². The number of hydrogen-bond acceptors (Lipinski definition) is 3. The lowest BCUT2D eigenvalue weighted by molar-refractivity contribution is 0.0354. The minimum absolute atomic E-state index is 0.0408. The number of piperazine rings is 1. The Labute approximate surface area is 118 Å². The molecule has 4 nitrogen and oxygen atoms in total. The summed E-state index contributed by atoms with van der Waals surface area (Å²) in [7, 11) is 2.09. The minimum atomic E-state index is -1.02. The summed E-state index contributed by atoms with van der Waals surface area (Å²) in [5.74, 6) is -1.36. The normalized spacial score (nSPS) is 20.0. The van der Waals surface area contributed by atoms with E-state index in [1.165, 1.54) is 18.2 Å². The number of aromatic carboxylic acids is 1. The molecule has 20 heavy (non-hydrogen) atoms. The van der Waals surface area contributed by atoms with Crippen molar-refractivity contribution in [3.05, 3.63) is 35.1 Å². The van der Waals surface area contributed by atoms with Crippen LogP contribution in [0.1, 0.15) is 29.8 Å². The smallest absolute Gasteiger partial charge is 0.335 e. The number of carboxylic acid groups (broad SMARTS) is 1. The number of carboxylic acids is 1. The number of halogens is 1. The second kappa shape index (κ2) is 5.50. The Morgan fingerprint density at radius 1 is 1.40 bits per heavy atom. The summed E-state index contributed by atoms with van der Waals surface area (Å²) >= 11 is 0. The first-order chi connectivity index (χ1) is 9.29. The van der Waals surface area contributed by atoms with Crippen molar-refractivity contribution >= 4 is 5.97 Å². The molecule has 1 aliphatic heterocycles. The van der Waals surface area contributed by atoms with Gasteiger partial charge in [-0.2, -0.15) is 0 Å². The molecule has 0 atom stereocenters. The first-order valence-corrected chi connectivity index (χ1v) is 6.75. The monoisotopic (exact) mass is 280 g/mol. The van der Waals surface area contributed by atoms with E-state index < -0.39 is 5.97 Å². The molecule has 0 aromatic heterocycles. The third-order valence-corrected chi connectivity index (χ3v) is 4.08. The van der Waals surface area contributed by atoms with Crippen LogP contribution < -0.4 is 0 Å². The molecule has 0 aliphatic carbocycles. The Hall–Kier alpha value is -1.46. The standard InChI is InChI=1S/C15H21FN2O2/c1-15(2)10-18(7-6-17(15)3)9-12-8-11(14(19)20)4-5-13(12)16/h4-5,8H,6-7,9-10H2,1-3H3,(H,19,20). The van der Waals surface area contributed by atoms with Gasteiger partial charge in [-0.05, 0) is 39.1 Å². The zero-order valence-electron chi connectivity index (χ0n) is 12.2. The Morgan fingerprint density at radius 3 is 2.70 bits per heavy atom. The van der Waals surface area contributed by atoms with Gasteiger partial charge in [-0.3, -0.25) is 9.80 Å². The fourth-order valence-electron chi connectivity index (χ4n) is 2.55. The van der Waals surface area contributed by atoms with E-state index >= 15 is 0 Å². The lowest BCUT2D eigenvalue weighted by atomic mass is 9.99. The minimum Gasteiger partial charge on any atom is -0.478 e. The molecule has 0 saturated carbocycles. The average Bonchev–Trinajstić information content (AvgIpc) is 2.36. The van der Waals surface area contributed by atoms with Crippen LogP contribution in [0.2, 0.25) is 0 Å². The second-order valence-corrected chi connectivity index (χ2v) is 6.06. The summed E-state index contributed by atoms with van der Waals surface area (Å²) < 4.78 is 13.8. The highest BCUT2D eigenvalue weighted by Gasteiger charge is 2.31. The summed E-state index contributed by atoms with van der Waals surface area (Å²) in [6, 6.07) is 3.97. The number of rotatable bonds is 3. The van der Waals surface area contributed by atoms with Crippen LogP contribution in [0.4, 0.5) is 4.39 Å². The molecule has 1 aromatic carbocycles. The summed E-state index contributed by atoms with van der Waals surface area (Å²) in [6.45, 7) is 7.38. The zero-order chi connectivity index (χ0) is 14.9. The lowest BCUT2D eigenvalue weighted by Gasteiger charge is -2.45. The van der Waals surface area contributed by atoms with Crippen molar-refractivity contribution in [2.45, 2.75) is 25.9 Å². The van der Waals surface area contributed by atoms with E-state index in [1.54, 1.807) is 0 Å². The Kier molecular flexibility index (Phi) is 4.11. The lowest BCUT2D eigenvalue weighted by Crippen LogP contribution is -2.57. The van der Waals surface area contributed by atoms with Crippen LogP contribution in [0.5, 0.6) is 0 Å². The molecule has 1 aromatic rings. The number of hydrogen-bond donors (Lipinski definition) is 1. The van der Waals surface area contributed by atoms with E-state index in [0.29, 0.717) is 12.1 Å². The van der Waals surface area contributed by atoms with Gasteiger partial charge < -0.3 is 5.11 Å². The van der Waals surface area contributed by atoms with E-state index in [-0.39, 0.29) is 16.9 Å². The summed E-state index contributed by atoms with van der Waals surface area (Å²) in [4.78, 5) is 15.4. The highest BCUT2D eigenvalue weighted by Crippen LogP contribution is 2.21. The maximum absolute atomic E-state index is 13.8. The summed E-state index contributed by atoms with van der Waals surface area (Å²) in [5, 5.41) is 8.98. The van der Waals surface area contributed by atoms with Gasteiger partial charge in [0.05, 0.1) is 5.56 Å². The van der Waals surface area contributed by atoms with Crippen LogP contribution >= 0.6 is 0 Å². The van der Waals surface area contributed by atoms with Gasteiger partial charge in [0.1, 0.15) is 5.82 Å². The summed E-state index contributed by atoms with van der Waals surface area (Å²) in [6.07, 6.45) is 0. The van der Waals surface area contributed by atoms with Crippen LogP contribution in [-0.2, 0) is 6.54 Å². The molecule has 1 N–H and O–H groups in total. The second-order valence-electron chi connectivity index (χ2n) is 6.06. The molecule has 110 valence electrons. The molecule has 0 radical (unpaired) electrons. The van der Waals surface area contributed by atoms with Crippen LogP contribution in [0.3, 0.4) is 0 Å². The van der Waals surface area contributed by atoms with E-state index in [9.17, 15) is 9.18 Å². The molecule has 1 saturated heterocycles. The molecule has 5 heteroatoms. The largest absolute Gasteiger partial charge is 0.478 e. The maximum atomic E-state index is 13.8. The van der Waals surface area contributed by atoms with Gasteiger partial charge in [0.2, 0.25) is 0 Å². The molecular weight excluding hydrogens is 259 g/mol. The van der Waals surface area contributed by atoms with Crippen molar-refractivity contribution < 1.29 is 14.3 Å². The van der Waals surface area contributed by atoms with Crippen molar-refractivity contribution in [2.75, 3.05) is 26.7 Å². The van der Waals surface area contributed by atoms with E-state index in [4.69, 9.17) is 5.11 Å². The maximum Gasteiger partial charge on any atom is 0.335 e. The number of nitrogens with zero attached hydrogens (tertiary/aromatic N) is 2. The first-order valence-electron chi connectivity index (χ1n) is 6.75. The van der Waals surface area contributed by atoms with E-state index in [2.05, 4.69) is 30.7 Å². The van der Waals surface area contributed by atoms with Crippen molar-refractivity contribution in [1.82, 2.24) is 9.80 Å². The number of likely N-dealkylation sites (N-methyl/N-ethyl adjacent to an activating group) is 1. The van der Waals surface area contributed by atoms with Crippen molar-refractivity contribution in [2.24, 2.45) is 0 Å². The van der Waals surface area contributed by atoms with Gasteiger partial charge in [0, 0.05) is 37.3 Å². The third-order valence-electron chi connectivity index (χ3n) is 4.08. The van der Waals surface area contributed by atoms with Crippen molar-refractivity contribution in [1.29, 1.82) is 0 Å².